The SMILES string of the molecule is COc1ccc(-c2cc3nc(CN4CCN(C(=O)CC(C)C)CC4)[nH]c(=O)c3s2)cc1. The molecular formula is C23H28N4O3S. The second kappa shape index (κ2) is 9.20. The number of H-pyrrole nitrogens is 1. The first-order valence-electron chi connectivity index (χ1n) is 10.6. The third-order valence-corrected chi connectivity index (χ3v) is 6.66. The highest BCUT2D eigenvalue weighted by Crippen LogP contribution is 2.31. The van der Waals surface area contributed by atoms with Crippen LogP contribution in [0.15, 0.2) is 35.1 Å². The van der Waals surface area contributed by atoms with Gasteiger partial charge in [0.25, 0.3) is 5.56 Å². The summed E-state index contributed by atoms with van der Waals surface area (Å²) < 4.78 is 5.85. The number of nitrogens with zero attached hydrogens (tertiary/aromatic N) is 3. The molecule has 1 amide bonds. The summed E-state index contributed by atoms with van der Waals surface area (Å²) in [6, 6.07) is 9.77. The van der Waals surface area contributed by atoms with E-state index < -0.39 is 0 Å². The molecule has 0 unspecified atom stereocenters. The highest BCUT2D eigenvalue weighted by Gasteiger charge is 2.22. The predicted molar refractivity (Wildman–Crippen MR) is 124 cm³/mol. The van der Waals surface area contributed by atoms with Gasteiger partial charge in [-0.05, 0) is 41.8 Å². The van der Waals surface area contributed by atoms with E-state index >= 15 is 0 Å². The standard InChI is InChI=1S/C23H28N4O3S/c1-15(2)12-21(28)27-10-8-26(9-11-27)14-20-24-18-13-19(31-22(18)23(29)25-20)16-4-6-17(30-3)7-5-16/h4-7,13,15H,8-12,14H2,1-3H3,(H,24,25,29). The summed E-state index contributed by atoms with van der Waals surface area (Å²) in [6.45, 7) is 7.72. The Kier molecular flexibility index (Phi) is 6.38. The predicted octanol–water partition coefficient (Wildman–Crippen LogP) is 3.35. The summed E-state index contributed by atoms with van der Waals surface area (Å²) in [5, 5.41) is 0. The Labute approximate surface area is 185 Å². The maximum atomic E-state index is 12.7. The van der Waals surface area contributed by atoms with Gasteiger partial charge >= 0.3 is 0 Å². The summed E-state index contributed by atoms with van der Waals surface area (Å²) in [6.07, 6.45) is 0.597. The minimum atomic E-state index is -0.101. The Morgan fingerprint density at radius 2 is 1.90 bits per heavy atom. The fourth-order valence-corrected chi connectivity index (χ4v) is 4.80. The monoisotopic (exact) mass is 440 g/mol. The number of benzene rings is 1. The number of aromatic nitrogens is 2. The summed E-state index contributed by atoms with van der Waals surface area (Å²) in [7, 11) is 1.64. The molecule has 3 heterocycles. The molecule has 0 aliphatic carbocycles. The van der Waals surface area contributed by atoms with Crippen molar-refractivity contribution in [3.63, 3.8) is 0 Å². The van der Waals surface area contributed by atoms with E-state index in [4.69, 9.17) is 9.72 Å². The van der Waals surface area contributed by atoms with Crippen molar-refractivity contribution in [3.8, 4) is 16.2 Å². The Bertz CT molecular complexity index is 1110. The number of hydrogen-bond acceptors (Lipinski definition) is 6. The largest absolute Gasteiger partial charge is 0.497 e. The summed E-state index contributed by atoms with van der Waals surface area (Å²) >= 11 is 1.45. The van der Waals surface area contributed by atoms with Crippen LogP contribution in [0.25, 0.3) is 20.7 Å². The Hall–Kier alpha value is -2.71. The fraction of sp³-hybridized carbons (Fsp3) is 0.435. The lowest BCUT2D eigenvalue weighted by Gasteiger charge is -2.34. The summed E-state index contributed by atoms with van der Waals surface area (Å²) in [5.41, 5.74) is 1.66. The number of carbonyl (C=O) groups excluding carboxylic acids is 1. The molecule has 1 saturated heterocycles. The van der Waals surface area contributed by atoms with Gasteiger partial charge in [0.1, 0.15) is 16.3 Å². The minimum absolute atomic E-state index is 0.101. The van der Waals surface area contributed by atoms with E-state index in [9.17, 15) is 9.59 Å². The zero-order chi connectivity index (χ0) is 22.0. The molecule has 0 saturated carbocycles. The lowest BCUT2D eigenvalue weighted by molar-refractivity contribution is -0.133. The molecule has 8 heteroatoms. The summed E-state index contributed by atoms with van der Waals surface area (Å²) in [4.78, 5) is 37.8. The maximum Gasteiger partial charge on any atom is 0.268 e. The van der Waals surface area contributed by atoms with Gasteiger partial charge in [-0.25, -0.2) is 4.98 Å². The summed E-state index contributed by atoms with van der Waals surface area (Å²) in [5.74, 6) is 2.07. The molecule has 1 fully saturated rings. The maximum absolute atomic E-state index is 12.7. The molecule has 4 rings (SSSR count). The van der Waals surface area contributed by atoms with E-state index in [-0.39, 0.29) is 11.5 Å². The van der Waals surface area contributed by atoms with Crippen molar-refractivity contribution >= 4 is 27.5 Å². The van der Waals surface area contributed by atoms with Crippen molar-refractivity contribution in [3.05, 3.63) is 46.5 Å². The molecule has 3 aromatic rings. The molecule has 1 N–H and O–H groups in total. The molecule has 0 radical (unpaired) electrons. The number of thiophene rings is 1. The molecule has 1 aliphatic heterocycles. The number of nitrogens with one attached hydrogen (secondary N) is 1. The number of piperazine rings is 1. The average Bonchev–Trinajstić information content (AvgIpc) is 3.18. The van der Waals surface area contributed by atoms with E-state index in [1.54, 1.807) is 7.11 Å². The highest BCUT2D eigenvalue weighted by atomic mass is 32.1. The molecular weight excluding hydrogens is 412 g/mol. The zero-order valence-corrected chi connectivity index (χ0v) is 19.0. The normalized spacial score (nSPS) is 15.0. The quantitative estimate of drug-likeness (QED) is 0.636. The van der Waals surface area contributed by atoms with Crippen LogP contribution in [0.3, 0.4) is 0 Å². The van der Waals surface area contributed by atoms with E-state index in [2.05, 4.69) is 23.7 Å². The number of fused-ring (bicyclic) bond motifs is 1. The first-order chi connectivity index (χ1) is 14.9. The highest BCUT2D eigenvalue weighted by molar-refractivity contribution is 7.22. The van der Waals surface area contributed by atoms with Crippen LogP contribution in [0.4, 0.5) is 0 Å². The number of amides is 1. The zero-order valence-electron chi connectivity index (χ0n) is 18.2. The first-order valence-corrected chi connectivity index (χ1v) is 11.4. The van der Waals surface area contributed by atoms with Crippen molar-refractivity contribution in [2.45, 2.75) is 26.8 Å². The molecule has 2 aromatic heterocycles. The van der Waals surface area contributed by atoms with Gasteiger partial charge in [0.05, 0.1) is 19.2 Å². The van der Waals surface area contributed by atoms with Gasteiger partial charge in [-0.3, -0.25) is 14.5 Å². The third kappa shape index (κ3) is 4.97. The van der Waals surface area contributed by atoms with Gasteiger partial charge in [-0.1, -0.05) is 13.8 Å². The second-order valence-electron chi connectivity index (χ2n) is 8.32. The molecule has 0 bridgehead atoms. The lowest BCUT2D eigenvalue weighted by Crippen LogP contribution is -2.48. The van der Waals surface area contributed by atoms with Crippen LogP contribution in [0, 0.1) is 5.92 Å². The molecule has 31 heavy (non-hydrogen) atoms. The topological polar surface area (TPSA) is 78.5 Å². The number of ether oxygens (including phenoxy) is 1. The van der Waals surface area contributed by atoms with Crippen LogP contribution in [-0.4, -0.2) is 59.0 Å². The van der Waals surface area contributed by atoms with Gasteiger partial charge in [0.15, 0.2) is 0 Å². The molecule has 1 aliphatic rings. The Morgan fingerprint density at radius 3 is 2.55 bits per heavy atom. The van der Waals surface area contributed by atoms with Gasteiger partial charge in [-0.2, -0.15) is 0 Å². The Morgan fingerprint density at radius 1 is 1.19 bits per heavy atom. The van der Waals surface area contributed by atoms with Crippen molar-refractivity contribution in [1.82, 2.24) is 19.8 Å². The number of methoxy groups -OCH3 is 1. The third-order valence-electron chi connectivity index (χ3n) is 5.49. The van der Waals surface area contributed by atoms with Gasteiger partial charge < -0.3 is 14.6 Å². The molecule has 164 valence electrons. The van der Waals surface area contributed by atoms with Crippen LogP contribution in [0.2, 0.25) is 0 Å². The number of hydrogen-bond donors (Lipinski definition) is 1. The molecule has 0 atom stereocenters. The Balaban J connectivity index is 1.45. The molecule has 0 spiro atoms. The van der Waals surface area contributed by atoms with E-state index in [0.717, 1.165) is 47.9 Å². The fourth-order valence-electron chi connectivity index (χ4n) is 3.81. The lowest BCUT2D eigenvalue weighted by atomic mass is 10.1. The van der Waals surface area contributed by atoms with Crippen molar-refractivity contribution in [1.29, 1.82) is 0 Å². The molecule has 7 nitrogen and oxygen atoms in total. The smallest absolute Gasteiger partial charge is 0.268 e. The van der Waals surface area contributed by atoms with Crippen LogP contribution in [0.5, 0.6) is 5.75 Å². The van der Waals surface area contributed by atoms with Gasteiger partial charge in [0, 0.05) is 37.5 Å². The van der Waals surface area contributed by atoms with Crippen molar-refractivity contribution in [2.24, 2.45) is 5.92 Å². The van der Waals surface area contributed by atoms with E-state index in [1.807, 2.05) is 35.2 Å². The number of aromatic amines is 1. The second-order valence-corrected chi connectivity index (χ2v) is 9.37. The van der Waals surface area contributed by atoms with Crippen LogP contribution < -0.4 is 10.3 Å². The minimum Gasteiger partial charge on any atom is -0.497 e. The van der Waals surface area contributed by atoms with E-state index in [1.165, 1.54) is 11.3 Å². The van der Waals surface area contributed by atoms with E-state index in [0.29, 0.717) is 29.4 Å². The molecule has 1 aromatic carbocycles. The van der Waals surface area contributed by atoms with Crippen LogP contribution in [-0.2, 0) is 11.3 Å². The van der Waals surface area contributed by atoms with Crippen LogP contribution in [0.1, 0.15) is 26.1 Å². The van der Waals surface area contributed by atoms with Crippen molar-refractivity contribution in [2.75, 3.05) is 33.3 Å². The average molecular weight is 441 g/mol. The van der Waals surface area contributed by atoms with Gasteiger partial charge in [-0.15, -0.1) is 11.3 Å². The number of rotatable bonds is 6. The number of carbonyl (C=O) groups is 1. The van der Waals surface area contributed by atoms with Crippen molar-refractivity contribution < 1.29 is 9.53 Å². The van der Waals surface area contributed by atoms with Gasteiger partial charge in [0.2, 0.25) is 5.91 Å². The first kappa shape index (κ1) is 21.5. The van der Waals surface area contributed by atoms with Crippen LogP contribution >= 0.6 is 11.3 Å².